The summed E-state index contributed by atoms with van der Waals surface area (Å²) in [5, 5.41) is 0. The van der Waals surface area contributed by atoms with E-state index in [9.17, 15) is 0 Å². The molecule has 2 aliphatic carbocycles. The summed E-state index contributed by atoms with van der Waals surface area (Å²) >= 11 is 12.5. The maximum Gasteiger partial charge on any atom is 0.130 e. The molecule has 0 aromatic heterocycles. The van der Waals surface area contributed by atoms with Gasteiger partial charge in [-0.2, -0.15) is 0 Å². The molecule has 2 rings (SSSR count). The first-order valence-electron chi connectivity index (χ1n) is 4.34. The average molecular weight is 193 g/mol. The average Bonchev–Trinajstić information content (AvgIpc) is 2.28. The van der Waals surface area contributed by atoms with E-state index in [4.69, 9.17) is 23.2 Å². The van der Waals surface area contributed by atoms with E-state index in [0.29, 0.717) is 0 Å². The van der Waals surface area contributed by atoms with Crippen molar-refractivity contribution >= 4 is 23.2 Å². The lowest BCUT2D eigenvalue weighted by molar-refractivity contribution is 0.277. The van der Waals surface area contributed by atoms with Crippen LogP contribution in [0, 0.1) is 10.8 Å². The Hall–Kier alpha value is 0.580. The SMILES string of the molecule is C[C@@]12CCCC[C@]1(C)C2(Cl)Cl. The second-order valence-corrected chi connectivity index (χ2v) is 5.77. The highest BCUT2D eigenvalue weighted by Gasteiger charge is 2.81. The van der Waals surface area contributed by atoms with Gasteiger partial charge in [-0.25, -0.2) is 0 Å². The summed E-state index contributed by atoms with van der Waals surface area (Å²) in [5.74, 6) is 0. The van der Waals surface area contributed by atoms with Crippen LogP contribution in [-0.4, -0.2) is 4.33 Å². The summed E-state index contributed by atoms with van der Waals surface area (Å²) in [5.41, 5.74) is 0.419. The molecule has 0 aliphatic heterocycles. The highest BCUT2D eigenvalue weighted by molar-refractivity contribution is 6.52. The first kappa shape index (κ1) is 8.19. The Morgan fingerprint density at radius 3 is 1.55 bits per heavy atom. The van der Waals surface area contributed by atoms with Crippen molar-refractivity contribution in [2.45, 2.75) is 43.9 Å². The van der Waals surface area contributed by atoms with Gasteiger partial charge in [-0.3, -0.25) is 0 Å². The zero-order valence-electron chi connectivity index (χ0n) is 7.08. The predicted octanol–water partition coefficient (Wildman–Crippen LogP) is 3.76. The van der Waals surface area contributed by atoms with E-state index in [2.05, 4.69) is 13.8 Å². The van der Waals surface area contributed by atoms with Gasteiger partial charge in [0.25, 0.3) is 0 Å². The summed E-state index contributed by atoms with van der Waals surface area (Å²) in [6, 6.07) is 0. The second-order valence-electron chi connectivity index (χ2n) is 4.45. The summed E-state index contributed by atoms with van der Waals surface area (Å²) in [6.07, 6.45) is 5.01. The molecule has 0 nitrogen and oxygen atoms in total. The molecule has 0 unspecified atom stereocenters. The van der Waals surface area contributed by atoms with Crippen LogP contribution in [0.4, 0.5) is 0 Å². The minimum Gasteiger partial charge on any atom is -0.100 e. The molecule has 2 saturated carbocycles. The van der Waals surface area contributed by atoms with Crippen molar-refractivity contribution in [3.63, 3.8) is 0 Å². The molecule has 11 heavy (non-hydrogen) atoms. The topological polar surface area (TPSA) is 0 Å². The fourth-order valence-corrected chi connectivity index (χ4v) is 3.89. The van der Waals surface area contributed by atoms with Crippen LogP contribution in [0.1, 0.15) is 39.5 Å². The third-order valence-corrected chi connectivity index (χ3v) is 5.81. The maximum atomic E-state index is 6.26. The second kappa shape index (κ2) is 1.90. The number of rotatable bonds is 0. The van der Waals surface area contributed by atoms with Crippen molar-refractivity contribution in [3.05, 3.63) is 0 Å². The Morgan fingerprint density at radius 2 is 1.27 bits per heavy atom. The molecule has 0 aromatic rings. The van der Waals surface area contributed by atoms with Gasteiger partial charge in [0.15, 0.2) is 0 Å². The first-order valence-corrected chi connectivity index (χ1v) is 5.09. The lowest BCUT2D eigenvalue weighted by Gasteiger charge is -2.21. The van der Waals surface area contributed by atoms with Gasteiger partial charge in [0.1, 0.15) is 4.33 Å². The molecule has 0 saturated heterocycles. The first-order chi connectivity index (χ1) is 4.96. The Kier molecular flexibility index (Phi) is 1.42. The van der Waals surface area contributed by atoms with Crippen LogP contribution in [0.3, 0.4) is 0 Å². The molecule has 2 heteroatoms. The number of fused-ring (bicyclic) bond motifs is 1. The van der Waals surface area contributed by atoms with E-state index in [-0.39, 0.29) is 10.8 Å². The quantitative estimate of drug-likeness (QED) is 0.514. The normalized spacial score (nSPS) is 53.5. The molecule has 0 radical (unpaired) electrons. The highest BCUT2D eigenvalue weighted by atomic mass is 35.5. The van der Waals surface area contributed by atoms with Crippen LogP contribution in [0.5, 0.6) is 0 Å². The van der Waals surface area contributed by atoms with E-state index in [1.54, 1.807) is 0 Å². The summed E-state index contributed by atoms with van der Waals surface area (Å²) < 4.78 is -0.434. The van der Waals surface area contributed by atoms with Crippen LogP contribution >= 0.6 is 23.2 Å². The van der Waals surface area contributed by atoms with Crippen LogP contribution < -0.4 is 0 Å². The lowest BCUT2D eigenvalue weighted by Crippen LogP contribution is -2.12. The van der Waals surface area contributed by atoms with E-state index in [0.717, 1.165) is 0 Å². The highest BCUT2D eigenvalue weighted by Crippen LogP contribution is 2.82. The Bertz CT molecular complexity index is 180. The molecule has 2 atom stereocenters. The monoisotopic (exact) mass is 192 g/mol. The molecule has 2 fully saturated rings. The fourth-order valence-electron chi connectivity index (χ4n) is 2.77. The molecular formula is C9H14Cl2. The number of hydrogen-bond acceptors (Lipinski definition) is 0. The molecule has 0 spiro atoms. The molecule has 0 heterocycles. The molecule has 2 aliphatic rings. The number of halogens is 2. The van der Waals surface area contributed by atoms with Crippen molar-refractivity contribution < 1.29 is 0 Å². The van der Waals surface area contributed by atoms with Gasteiger partial charge in [0.2, 0.25) is 0 Å². The van der Waals surface area contributed by atoms with E-state index >= 15 is 0 Å². The van der Waals surface area contributed by atoms with E-state index in [1.165, 1.54) is 25.7 Å². The number of alkyl halides is 2. The standard InChI is InChI=1S/C9H14Cl2/c1-7-5-3-4-6-8(7,2)9(7,10)11/h3-6H2,1-2H3/t7-,8+. The van der Waals surface area contributed by atoms with Crippen LogP contribution in [0.25, 0.3) is 0 Å². The Balaban J connectivity index is 2.33. The molecule has 0 N–H and O–H groups in total. The zero-order valence-corrected chi connectivity index (χ0v) is 8.60. The predicted molar refractivity (Wildman–Crippen MR) is 49.1 cm³/mol. The van der Waals surface area contributed by atoms with Gasteiger partial charge in [0, 0.05) is 10.8 Å². The molecule has 64 valence electrons. The Labute approximate surface area is 78.3 Å². The Morgan fingerprint density at radius 1 is 0.909 bits per heavy atom. The van der Waals surface area contributed by atoms with Gasteiger partial charge in [0.05, 0.1) is 0 Å². The summed E-state index contributed by atoms with van der Waals surface area (Å²) in [4.78, 5) is 0. The lowest BCUT2D eigenvalue weighted by atomic mass is 9.82. The molecule has 0 bridgehead atoms. The van der Waals surface area contributed by atoms with Crippen molar-refractivity contribution in [2.75, 3.05) is 0 Å². The van der Waals surface area contributed by atoms with Crippen molar-refractivity contribution in [1.82, 2.24) is 0 Å². The largest absolute Gasteiger partial charge is 0.130 e. The van der Waals surface area contributed by atoms with E-state index in [1.807, 2.05) is 0 Å². The third-order valence-electron chi connectivity index (χ3n) is 4.14. The van der Waals surface area contributed by atoms with Crippen LogP contribution in [0.2, 0.25) is 0 Å². The maximum absolute atomic E-state index is 6.26. The third kappa shape index (κ3) is 0.651. The van der Waals surface area contributed by atoms with Gasteiger partial charge in [-0.1, -0.05) is 26.7 Å². The van der Waals surface area contributed by atoms with Crippen LogP contribution in [-0.2, 0) is 0 Å². The molecule has 0 aromatic carbocycles. The van der Waals surface area contributed by atoms with Crippen LogP contribution in [0.15, 0.2) is 0 Å². The van der Waals surface area contributed by atoms with Gasteiger partial charge in [-0.05, 0) is 12.8 Å². The minimum atomic E-state index is -0.434. The fraction of sp³-hybridized carbons (Fsp3) is 1.00. The smallest absolute Gasteiger partial charge is 0.100 e. The van der Waals surface area contributed by atoms with Gasteiger partial charge in [-0.15, -0.1) is 23.2 Å². The zero-order chi connectivity index (χ0) is 8.33. The number of hydrogen-bond donors (Lipinski definition) is 0. The minimum absolute atomic E-state index is 0.210. The molecule has 0 amide bonds. The van der Waals surface area contributed by atoms with Crippen molar-refractivity contribution in [3.8, 4) is 0 Å². The van der Waals surface area contributed by atoms with Gasteiger partial charge >= 0.3 is 0 Å². The van der Waals surface area contributed by atoms with Crippen molar-refractivity contribution in [1.29, 1.82) is 0 Å². The summed E-state index contributed by atoms with van der Waals surface area (Å²) in [6.45, 7) is 4.46. The van der Waals surface area contributed by atoms with E-state index < -0.39 is 4.33 Å². The van der Waals surface area contributed by atoms with Gasteiger partial charge < -0.3 is 0 Å². The van der Waals surface area contributed by atoms with Crippen molar-refractivity contribution in [2.24, 2.45) is 10.8 Å². The molecular weight excluding hydrogens is 179 g/mol. The summed E-state index contributed by atoms with van der Waals surface area (Å²) in [7, 11) is 0.